The zero-order chi connectivity index (χ0) is 11.4. The topological polar surface area (TPSA) is 34.1 Å². The van der Waals surface area contributed by atoms with Crippen molar-refractivity contribution in [2.24, 2.45) is 0 Å². The molecule has 0 fully saturated rings. The highest BCUT2D eigenvalue weighted by Gasteiger charge is 2.15. The van der Waals surface area contributed by atoms with E-state index in [4.69, 9.17) is 4.74 Å². The van der Waals surface area contributed by atoms with Gasteiger partial charge < -0.3 is 10.1 Å². The minimum atomic E-state index is 0.619. The van der Waals surface area contributed by atoms with Gasteiger partial charge in [-0.2, -0.15) is 0 Å². The Morgan fingerprint density at radius 2 is 2.38 bits per heavy atom. The maximum atomic E-state index is 5.61. The zero-order valence-electron chi connectivity index (χ0n) is 10.1. The van der Waals surface area contributed by atoms with Crippen molar-refractivity contribution in [1.29, 1.82) is 0 Å². The predicted octanol–water partition coefficient (Wildman–Crippen LogP) is 3.18. The fraction of sp³-hybridized carbons (Fsp3) is 0.615. The van der Waals surface area contributed by atoms with E-state index in [1.807, 2.05) is 6.20 Å². The summed E-state index contributed by atoms with van der Waals surface area (Å²) in [5.74, 6) is 2.42. The van der Waals surface area contributed by atoms with E-state index in [0.29, 0.717) is 5.92 Å². The summed E-state index contributed by atoms with van der Waals surface area (Å²) in [6, 6.07) is 2.15. The first kappa shape index (κ1) is 11.2. The third-order valence-corrected chi connectivity index (χ3v) is 3.13. The van der Waals surface area contributed by atoms with Gasteiger partial charge in [-0.25, -0.2) is 4.98 Å². The first-order valence-corrected chi connectivity index (χ1v) is 6.21. The highest BCUT2D eigenvalue weighted by atomic mass is 16.5. The molecule has 1 aromatic rings. The number of anilines is 1. The number of hydrogen-bond donors (Lipinski definition) is 1. The van der Waals surface area contributed by atoms with E-state index in [0.717, 1.165) is 24.7 Å². The smallest absolute Gasteiger partial charge is 0.168 e. The Morgan fingerprint density at radius 3 is 3.12 bits per heavy atom. The van der Waals surface area contributed by atoms with Crippen LogP contribution in [0.15, 0.2) is 12.3 Å². The predicted molar refractivity (Wildman–Crippen MR) is 66.2 cm³/mol. The summed E-state index contributed by atoms with van der Waals surface area (Å²) in [6.45, 7) is 6.06. The molecular weight excluding hydrogens is 200 g/mol. The molecule has 2 heterocycles. The molecule has 0 spiro atoms. The van der Waals surface area contributed by atoms with Crippen LogP contribution in [0, 0.1) is 0 Å². The van der Waals surface area contributed by atoms with Crippen molar-refractivity contribution in [2.45, 2.75) is 39.0 Å². The molecule has 0 saturated heterocycles. The Hall–Kier alpha value is -1.25. The molecule has 3 heteroatoms. The standard InChI is InChI=1S/C13H20N2O/c1-3-5-10(4-2)11-8-12-13(15-9-11)14-6-7-16-12/h8-10H,3-7H2,1-2H3,(H,14,15). The van der Waals surface area contributed by atoms with Gasteiger partial charge in [0.05, 0.1) is 6.54 Å². The summed E-state index contributed by atoms with van der Waals surface area (Å²) in [6.07, 6.45) is 5.60. The van der Waals surface area contributed by atoms with Crippen molar-refractivity contribution in [1.82, 2.24) is 4.98 Å². The molecule has 1 atom stereocenters. The van der Waals surface area contributed by atoms with Gasteiger partial charge in [0.15, 0.2) is 11.6 Å². The van der Waals surface area contributed by atoms with Gasteiger partial charge in [0, 0.05) is 6.20 Å². The average molecular weight is 220 g/mol. The van der Waals surface area contributed by atoms with Crippen LogP contribution in [0.2, 0.25) is 0 Å². The first-order chi connectivity index (χ1) is 7.85. The van der Waals surface area contributed by atoms with Gasteiger partial charge in [0.2, 0.25) is 0 Å². The van der Waals surface area contributed by atoms with Gasteiger partial charge in [0.25, 0.3) is 0 Å². The Kier molecular flexibility index (Phi) is 3.65. The number of hydrogen-bond acceptors (Lipinski definition) is 3. The lowest BCUT2D eigenvalue weighted by atomic mass is 9.93. The maximum Gasteiger partial charge on any atom is 0.168 e. The van der Waals surface area contributed by atoms with Crippen molar-refractivity contribution in [3.8, 4) is 5.75 Å². The van der Waals surface area contributed by atoms with E-state index in [9.17, 15) is 0 Å². The van der Waals surface area contributed by atoms with Crippen LogP contribution in [-0.4, -0.2) is 18.1 Å². The van der Waals surface area contributed by atoms with E-state index in [1.165, 1.54) is 24.8 Å². The molecule has 16 heavy (non-hydrogen) atoms. The minimum Gasteiger partial charge on any atom is -0.488 e. The van der Waals surface area contributed by atoms with Crippen LogP contribution in [0.3, 0.4) is 0 Å². The van der Waals surface area contributed by atoms with Gasteiger partial charge >= 0.3 is 0 Å². The molecule has 1 unspecified atom stereocenters. The molecule has 3 nitrogen and oxygen atoms in total. The molecule has 0 aliphatic carbocycles. The summed E-state index contributed by atoms with van der Waals surface area (Å²) >= 11 is 0. The van der Waals surface area contributed by atoms with Crippen LogP contribution in [0.25, 0.3) is 0 Å². The molecule has 1 aliphatic rings. The lowest BCUT2D eigenvalue weighted by molar-refractivity contribution is 0.320. The first-order valence-electron chi connectivity index (χ1n) is 6.21. The van der Waals surface area contributed by atoms with Gasteiger partial charge in [0.1, 0.15) is 6.61 Å². The Bertz CT molecular complexity index is 352. The number of rotatable bonds is 4. The normalized spacial score (nSPS) is 15.9. The number of pyridine rings is 1. The second kappa shape index (κ2) is 5.19. The Labute approximate surface area is 97.2 Å². The summed E-state index contributed by atoms with van der Waals surface area (Å²) in [5, 5.41) is 3.24. The summed E-state index contributed by atoms with van der Waals surface area (Å²) in [4.78, 5) is 4.43. The quantitative estimate of drug-likeness (QED) is 0.846. The molecule has 2 rings (SSSR count). The van der Waals surface area contributed by atoms with Crippen molar-refractivity contribution in [2.75, 3.05) is 18.5 Å². The third-order valence-electron chi connectivity index (χ3n) is 3.13. The lowest BCUT2D eigenvalue weighted by Gasteiger charge is -2.21. The molecule has 0 amide bonds. The third kappa shape index (κ3) is 2.29. The second-order valence-corrected chi connectivity index (χ2v) is 4.28. The molecule has 0 radical (unpaired) electrons. The highest BCUT2D eigenvalue weighted by Crippen LogP contribution is 2.31. The molecule has 88 valence electrons. The Morgan fingerprint density at radius 1 is 1.50 bits per heavy atom. The largest absolute Gasteiger partial charge is 0.488 e. The van der Waals surface area contributed by atoms with Crippen LogP contribution in [-0.2, 0) is 0 Å². The SMILES string of the molecule is CCCC(CC)c1cnc2c(c1)OCCN2. The minimum absolute atomic E-state index is 0.619. The van der Waals surface area contributed by atoms with Gasteiger partial charge in [-0.05, 0) is 30.4 Å². The average Bonchev–Trinajstić information content (AvgIpc) is 2.35. The van der Waals surface area contributed by atoms with Crippen molar-refractivity contribution >= 4 is 5.82 Å². The van der Waals surface area contributed by atoms with E-state index >= 15 is 0 Å². The molecule has 1 aromatic heterocycles. The molecule has 0 saturated carbocycles. The van der Waals surface area contributed by atoms with Crippen molar-refractivity contribution < 1.29 is 4.74 Å². The molecule has 0 bridgehead atoms. The number of nitrogens with one attached hydrogen (secondary N) is 1. The number of fused-ring (bicyclic) bond motifs is 1. The van der Waals surface area contributed by atoms with E-state index in [-0.39, 0.29) is 0 Å². The van der Waals surface area contributed by atoms with Gasteiger partial charge in [-0.15, -0.1) is 0 Å². The fourth-order valence-corrected chi connectivity index (χ4v) is 2.21. The monoisotopic (exact) mass is 220 g/mol. The summed E-state index contributed by atoms with van der Waals surface area (Å²) in [5.41, 5.74) is 1.31. The number of ether oxygens (including phenoxy) is 1. The van der Waals surface area contributed by atoms with Crippen LogP contribution in [0.1, 0.15) is 44.6 Å². The Balaban J connectivity index is 2.21. The van der Waals surface area contributed by atoms with Crippen LogP contribution < -0.4 is 10.1 Å². The van der Waals surface area contributed by atoms with Crippen LogP contribution in [0.5, 0.6) is 5.75 Å². The van der Waals surface area contributed by atoms with Crippen molar-refractivity contribution in [3.63, 3.8) is 0 Å². The molecule has 1 aliphatic heterocycles. The van der Waals surface area contributed by atoms with Crippen LogP contribution >= 0.6 is 0 Å². The molecule has 0 aromatic carbocycles. The molecular formula is C13H20N2O. The second-order valence-electron chi connectivity index (χ2n) is 4.28. The van der Waals surface area contributed by atoms with Gasteiger partial charge in [-0.1, -0.05) is 20.3 Å². The van der Waals surface area contributed by atoms with Crippen LogP contribution in [0.4, 0.5) is 5.82 Å². The lowest BCUT2D eigenvalue weighted by Crippen LogP contribution is -2.19. The summed E-state index contributed by atoms with van der Waals surface area (Å²) in [7, 11) is 0. The van der Waals surface area contributed by atoms with Crippen molar-refractivity contribution in [3.05, 3.63) is 17.8 Å². The number of aromatic nitrogens is 1. The fourth-order valence-electron chi connectivity index (χ4n) is 2.21. The molecule has 1 N–H and O–H groups in total. The van der Waals surface area contributed by atoms with E-state index < -0.39 is 0 Å². The highest BCUT2D eigenvalue weighted by molar-refractivity contribution is 5.52. The number of nitrogens with zero attached hydrogens (tertiary/aromatic N) is 1. The maximum absolute atomic E-state index is 5.61. The van der Waals surface area contributed by atoms with Gasteiger partial charge in [-0.3, -0.25) is 0 Å². The summed E-state index contributed by atoms with van der Waals surface area (Å²) < 4.78 is 5.61. The van der Waals surface area contributed by atoms with E-state index in [1.54, 1.807) is 0 Å². The zero-order valence-corrected chi connectivity index (χ0v) is 10.1. The van der Waals surface area contributed by atoms with E-state index in [2.05, 4.69) is 30.2 Å².